The molecular formula is C24H37NO3. The maximum absolute atomic E-state index is 11.1. The molecule has 0 spiro atoms. The van der Waals surface area contributed by atoms with E-state index in [4.69, 9.17) is 4.74 Å². The van der Waals surface area contributed by atoms with E-state index in [1.54, 1.807) is 0 Å². The minimum Gasteiger partial charge on any atom is -0.512 e. The van der Waals surface area contributed by atoms with Crippen LogP contribution in [0.1, 0.15) is 59.3 Å². The van der Waals surface area contributed by atoms with Gasteiger partial charge < -0.3 is 20.3 Å². The average Bonchev–Trinajstić information content (AvgIpc) is 2.94. The number of fused-ring (bicyclic) bond motifs is 5. The van der Waals surface area contributed by atoms with E-state index >= 15 is 0 Å². The van der Waals surface area contributed by atoms with Crippen LogP contribution in [0.3, 0.4) is 0 Å². The molecule has 5 rings (SSSR count). The summed E-state index contributed by atoms with van der Waals surface area (Å²) in [6.45, 7) is 9.72. The van der Waals surface area contributed by atoms with E-state index < -0.39 is 0 Å². The highest BCUT2D eigenvalue weighted by molar-refractivity contribution is 5.35. The number of allylic oxidation sites excluding steroid dienone is 2. The second kappa shape index (κ2) is 6.58. The summed E-state index contributed by atoms with van der Waals surface area (Å²) in [4.78, 5) is 0. The number of hydrogen-bond acceptors (Lipinski definition) is 4. The molecule has 0 aromatic heterocycles. The topological polar surface area (TPSA) is 61.7 Å². The molecule has 156 valence electrons. The second-order valence-corrected chi connectivity index (χ2v) is 10.7. The number of nitrogens with one attached hydrogen (secondary N) is 1. The molecule has 1 unspecified atom stereocenters. The zero-order valence-corrected chi connectivity index (χ0v) is 17.7. The fraction of sp³-hybridized carbons (Fsp3) is 0.833. The first-order valence-corrected chi connectivity index (χ1v) is 11.5. The van der Waals surface area contributed by atoms with E-state index in [1.165, 1.54) is 17.6 Å². The zero-order chi connectivity index (χ0) is 19.7. The summed E-state index contributed by atoms with van der Waals surface area (Å²) in [5.41, 5.74) is 3.01. The first-order valence-electron chi connectivity index (χ1n) is 11.5. The average molecular weight is 388 g/mol. The van der Waals surface area contributed by atoms with Crippen molar-refractivity contribution in [2.45, 2.75) is 71.5 Å². The van der Waals surface area contributed by atoms with Gasteiger partial charge in [0.1, 0.15) is 0 Å². The van der Waals surface area contributed by atoms with Gasteiger partial charge >= 0.3 is 0 Å². The molecule has 3 N–H and O–H groups in total. The molecule has 0 aromatic carbocycles. The molecule has 1 saturated heterocycles. The van der Waals surface area contributed by atoms with Gasteiger partial charge in [0.2, 0.25) is 0 Å². The Bertz CT molecular complexity index is 709. The molecule has 28 heavy (non-hydrogen) atoms. The Balaban J connectivity index is 1.49. The van der Waals surface area contributed by atoms with Gasteiger partial charge in [-0.25, -0.2) is 0 Å². The van der Waals surface area contributed by atoms with Gasteiger partial charge in [0.05, 0.1) is 24.6 Å². The number of morpholine rings is 1. The minimum absolute atomic E-state index is 0.0331. The van der Waals surface area contributed by atoms with Gasteiger partial charge in [-0.1, -0.05) is 32.4 Å². The van der Waals surface area contributed by atoms with Gasteiger partial charge in [0.25, 0.3) is 0 Å². The van der Waals surface area contributed by atoms with Crippen LogP contribution in [0.4, 0.5) is 0 Å². The smallest absolute Gasteiger partial charge is 0.0950 e. The third-order valence-corrected chi connectivity index (χ3v) is 9.39. The van der Waals surface area contributed by atoms with Gasteiger partial charge in [-0.15, -0.1) is 0 Å². The summed E-state index contributed by atoms with van der Waals surface area (Å²) in [5.74, 6) is 2.92. The lowest BCUT2D eigenvalue weighted by Crippen LogP contribution is -2.53. The summed E-state index contributed by atoms with van der Waals surface area (Å²) in [5, 5.41) is 24.8. The summed E-state index contributed by atoms with van der Waals surface area (Å²) in [7, 11) is 0. The molecule has 2 saturated carbocycles. The number of rotatable bonds is 1. The van der Waals surface area contributed by atoms with Crippen molar-refractivity contribution < 1.29 is 14.9 Å². The maximum Gasteiger partial charge on any atom is 0.0950 e. The van der Waals surface area contributed by atoms with Gasteiger partial charge in [0, 0.05) is 25.1 Å². The SMILES string of the molecule is C[C@H]1C=C2C[C@@H](O)CC[C@]2(C)[C@H]2CC[C@]3(C)C(C4CNCCO4)=C(O)C[C@H]3[C@H]12. The number of aliphatic hydroxyl groups is 2. The fourth-order valence-electron chi connectivity index (χ4n) is 7.99. The highest BCUT2D eigenvalue weighted by Gasteiger charge is 2.60. The van der Waals surface area contributed by atoms with Gasteiger partial charge in [0.15, 0.2) is 0 Å². The molecule has 0 radical (unpaired) electrons. The van der Waals surface area contributed by atoms with Crippen molar-refractivity contribution in [2.24, 2.45) is 34.5 Å². The van der Waals surface area contributed by atoms with E-state index in [2.05, 4.69) is 32.2 Å². The first-order chi connectivity index (χ1) is 13.3. The monoisotopic (exact) mass is 387 g/mol. The van der Waals surface area contributed by atoms with Crippen molar-refractivity contribution >= 4 is 0 Å². The van der Waals surface area contributed by atoms with Crippen molar-refractivity contribution in [3.63, 3.8) is 0 Å². The number of aliphatic hydroxyl groups excluding tert-OH is 2. The predicted octanol–water partition coefficient (Wildman–Crippen LogP) is 3.97. The standard InChI is InChI=1S/C24H37NO3/c1-14-10-15-11-16(26)4-6-23(15,2)17-5-7-24(3)18(21(14)17)12-19(27)22(24)20-13-25-8-9-28-20/h10,14,16-18,20-21,25-27H,4-9,11-13H2,1-3H3/t14-,16-,17-,18-,20?,21+,23-,24-/m0/s1. The predicted molar refractivity (Wildman–Crippen MR) is 110 cm³/mol. The molecule has 4 aliphatic carbocycles. The summed E-state index contributed by atoms with van der Waals surface area (Å²) >= 11 is 0. The summed E-state index contributed by atoms with van der Waals surface area (Å²) in [6.07, 6.45) is 8.48. The van der Waals surface area contributed by atoms with E-state index in [1.807, 2.05) is 0 Å². The van der Waals surface area contributed by atoms with Gasteiger partial charge in [-0.05, 0) is 66.6 Å². The second-order valence-electron chi connectivity index (χ2n) is 10.7. The molecule has 0 aromatic rings. The van der Waals surface area contributed by atoms with E-state index in [0.29, 0.717) is 29.4 Å². The van der Waals surface area contributed by atoms with Gasteiger partial charge in [-0.2, -0.15) is 0 Å². The Morgan fingerprint density at radius 1 is 1.11 bits per heavy atom. The molecule has 1 aliphatic heterocycles. The molecule has 0 amide bonds. The third-order valence-electron chi connectivity index (χ3n) is 9.39. The molecule has 3 fully saturated rings. The van der Waals surface area contributed by atoms with Crippen LogP contribution in [0, 0.1) is 34.5 Å². The first kappa shape index (κ1) is 19.1. The molecule has 4 heteroatoms. The highest BCUT2D eigenvalue weighted by atomic mass is 16.5. The summed E-state index contributed by atoms with van der Waals surface area (Å²) < 4.78 is 6.11. The molecular weight excluding hydrogens is 350 g/mol. The van der Waals surface area contributed by atoms with Gasteiger partial charge in [-0.3, -0.25) is 0 Å². The van der Waals surface area contributed by atoms with Crippen molar-refractivity contribution in [1.82, 2.24) is 5.32 Å². The lowest BCUT2D eigenvalue weighted by Gasteiger charge is -2.59. The largest absolute Gasteiger partial charge is 0.512 e. The Morgan fingerprint density at radius 2 is 1.89 bits per heavy atom. The Hall–Kier alpha value is -0.840. The molecule has 8 atom stereocenters. The lowest BCUT2D eigenvalue weighted by atomic mass is 9.45. The van der Waals surface area contributed by atoms with Crippen LogP contribution in [0.15, 0.2) is 23.0 Å². The normalized spacial score (nSPS) is 51.2. The third kappa shape index (κ3) is 2.60. The van der Waals surface area contributed by atoms with Crippen molar-refractivity contribution in [3.05, 3.63) is 23.0 Å². The van der Waals surface area contributed by atoms with E-state index in [9.17, 15) is 10.2 Å². The minimum atomic E-state index is -0.156. The Morgan fingerprint density at radius 3 is 2.64 bits per heavy atom. The van der Waals surface area contributed by atoms with E-state index in [-0.39, 0.29) is 23.0 Å². The van der Waals surface area contributed by atoms with Crippen molar-refractivity contribution in [3.8, 4) is 0 Å². The lowest BCUT2D eigenvalue weighted by molar-refractivity contribution is -0.0573. The Kier molecular flexibility index (Phi) is 4.50. The van der Waals surface area contributed by atoms with E-state index in [0.717, 1.165) is 51.8 Å². The molecule has 5 aliphatic rings. The van der Waals surface area contributed by atoms with Crippen LogP contribution in [-0.4, -0.2) is 42.1 Å². The Labute approximate surface area is 169 Å². The van der Waals surface area contributed by atoms with Crippen molar-refractivity contribution in [2.75, 3.05) is 19.7 Å². The quantitative estimate of drug-likeness (QED) is 0.596. The highest BCUT2D eigenvalue weighted by Crippen LogP contribution is 2.67. The van der Waals surface area contributed by atoms with Crippen molar-refractivity contribution in [1.29, 1.82) is 0 Å². The molecule has 0 bridgehead atoms. The van der Waals surface area contributed by atoms with Crippen LogP contribution in [0.5, 0.6) is 0 Å². The summed E-state index contributed by atoms with van der Waals surface area (Å²) in [6, 6.07) is 0. The fourth-order valence-corrected chi connectivity index (χ4v) is 7.99. The number of hydrogen-bond donors (Lipinski definition) is 3. The maximum atomic E-state index is 11.1. The van der Waals surface area contributed by atoms with Crippen LogP contribution in [0.25, 0.3) is 0 Å². The van der Waals surface area contributed by atoms with Crippen LogP contribution >= 0.6 is 0 Å². The van der Waals surface area contributed by atoms with Crippen LogP contribution in [-0.2, 0) is 4.74 Å². The van der Waals surface area contributed by atoms with Crippen LogP contribution in [0.2, 0.25) is 0 Å². The molecule has 1 heterocycles. The van der Waals surface area contributed by atoms with Crippen LogP contribution < -0.4 is 5.32 Å². The zero-order valence-electron chi connectivity index (χ0n) is 17.7. The number of ether oxygens (including phenoxy) is 1. The molecule has 4 nitrogen and oxygen atoms in total.